The van der Waals surface area contributed by atoms with Crippen molar-refractivity contribution in [1.29, 1.82) is 0 Å². The van der Waals surface area contributed by atoms with Crippen LogP contribution < -0.4 is 5.32 Å². The van der Waals surface area contributed by atoms with Crippen LogP contribution in [0.1, 0.15) is 12.8 Å². The van der Waals surface area contributed by atoms with Crippen LogP contribution in [0.5, 0.6) is 0 Å². The molecule has 3 heteroatoms. The Balaban J connectivity index is 1.79. The summed E-state index contributed by atoms with van der Waals surface area (Å²) < 4.78 is 4.69. The summed E-state index contributed by atoms with van der Waals surface area (Å²) in [4.78, 5) is 11.1. The molecular formula is C12H15NO2. The maximum absolute atomic E-state index is 11.1. The van der Waals surface area contributed by atoms with Crippen LogP contribution in [0, 0.1) is 5.92 Å². The Labute approximate surface area is 89.4 Å². The molecule has 0 spiro atoms. The van der Waals surface area contributed by atoms with Gasteiger partial charge in [-0.25, -0.2) is 0 Å². The lowest BCUT2D eigenvalue weighted by atomic mass is 9.80. The van der Waals surface area contributed by atoms with Crippen molar-refractivity contribution in [2.24, 2.45) is 5.92 Å². The molecule has 0 unspecified atom stereocenters. The third kappa shape index (κ3) is 2.29. The highest BCUT2D eigenvalue weighted by molar-refractivity contribution is 5.73. The number of benzene rings is 1. The summed E-state index contributed by atoms with van der Waals surface area (Å²) in [6.07, 6.45) is 1.75. The average Bonchev–Trinajstić information content (AvgIpc) is 2.23. The van der Waals surface area contributed by atoms with Crippen LogP contribution in [0.4, 0.5) is 5.69 Å². The number of hydrogen-bond donors (Lipinski definition) is 1. The van der Waals surface area contributed by atoms with Gasteiger partial charge >= 0.3 is 5.97 Å². The molecule has 1 aromatic rings. The van der Waals surface area contributed by atoms with E-state index in [4.69, 9.17) is 0 Å². The summed E-state index contributed by atoms with van der Waals surface area (Å²) >= 11 is 0. The van der Waals surface area contributed by atoms with Crippen molar-refractivity contribution in [3.05, 3.63) is 30.3 Å². The predicted molar refractivity (Wildman–Crippen MR) is 58.6 cm³/mol. The molecule has 15 heavy (non-hydrogen) atoms. The van der Waals surface area contributed by atoms with Crippen molar-refractivity contribution in [3.8, 4) is 0 Å². The standard InChI is InChI=1S/C12H15NO2/c1-15-12(14)9-7-11(8-9)13-10-5-3-2-4-6-10/h2-6,9,11,13H,7-8H2,1H3. The predicted octanol–water partition coefficient (Wildman–Crippen LogP) is 2.05. The molecule has 1 fully saturated rings. The Morgan fingerprint density at radius 2 is 2.00 bits per heavy atom. The second-order valence-corrected chi connectivity index (χ2v) is 3.90. The molecule has 2 rings (SSSR count). The van der Waals surface area contributed by atoms with Crippen molar-refractivity contribution < 1.29 is 9.53 Å². The van der Waals surface area contributed by atoms with Crippen LogP contribution in [0.2, 0.25) is 0 Å². The SMILES string of the molecule is COC(=O)C1CC(Nc2ccccc2)C1. The molecule has 0 heterocycles. The Morgan fingerprint density at radius 1 is 1.33 bits per heavy atom. The zero-order valence-corrected chi connectivity index (χ0v) is 8.77. The molecule has 0 amide bonds. The summed E-state index contributed by atoms with van der Waals surface area (Å²) in [7, 11) is 1.44. The molecule has 0 saturated heterocycles. The van der Waals surface area contributed by atoms with E-state index < -0.39 is 0 Å². The quantitative estimate of drug-likeness (QED) is 0.767. The zero-order chi connectivity index (χ0) is 10.7. The van der Waals surface area contributed by atoms with Crippen molar-refractivity contribution in [1.82, 2.24) is 0 Å². The first kappa shape index (κ1) is 10.0. The Bertz CT molecular complexity index is 331. The molecule has 1 saturated carbocycles. The number of esters is 1. The van der Waals surface area contributed by atoms with E-state index in [-0.39, 0.29) is 11.9 Å². The molecule has 1 aliphatic rings. The van der Waals surface area contributed by atoms with Crippen molar-refractivity contribution in [3.63, 3.8) is 0 Å². The lowest BCUT2D eigenvalue weighted by Crippen LogP contribution is -2.40. The van der Waals surface area contributed by atoms with Gasteiger partial charge < -0.3 is 10.1 Å². The largest absolute Gasteiger partial charge is 0.469 e. The third-order valence-corrected chi connectivity index (χ3v) is 2.82. The minimum atomic E-state index is -0.0823. The van der Waals surface area contributed by atoms with Gasteiger partial charge in [0.2, 0.25) is 0 Å². The molecular weight excluding hydrogens is 190 g/mol. The van der Waals surface area contributed by atoms with Crippen LogP contribution in [-0.2, 0) is 9.53 Å². The molecule has 0 aliphatic heterocycles. The van der Waals surface area contributed by atoms with Crippen LogP contribution in [0.15, 0.2) is 30.3 Å². The minimum absolute atomic E-state index is 0.0823. The number of anilines is 1. The fourth-order valence-corrected chi connectivity index (χ4v) is 1.86. The third-order valence-electron chi connectivity index (χ3n) is 2.82. The van der Waals surface area contributed by atoms with Gasteiger partial charge in [0.25, 0.3) is 0 Å². The van der Waals surface area contributed by atoms with E-state index in [1.165, 1.54) is 7.11 Å². The second kappa shape index (κ2) is 4.34. The van der Waals surface area contributed by atoms with Crippen molar-refractivity contribution in [2.75, 3.05) is 12.4 Å². The van der Waals surface area contributed by atoms with Crippen LogP contribution in [0.3, 0.4) is 0 Å². The molecule has 0 radical (unpaired) electrons. The van der Waals surface area contributed by atoms with Crippen molar-refractivity contribution >= 4 is 11.7 Å². The zero-order valence-electron chi connectivity index (χ0n) is 8.77. The van der Waals surface area contributed by atoms with Crippen LogP contribution >= 0.6 is 0 Å². The normalized spacial score (nSPS) is 24.1. The lowest BCUT2D eigenvalue weighted by molar-refractivity contribution is -0.148. The average molecular weight is 205 g/mol. The van der Waals surface area contributed by atoms with E-state index in [1.807, 2.05) is 30.3 Å². The number of ether oxygens (including phenoxy) is 1. The van der Waals surface area contributed by atoms with Gasteiger partial charge in [0.05, 0.1) is 13.0 Å². The van der Waals surface area contributed by atoms with E-state index >= 15 is 0 Å². The fourth-order valence-electron chi connectivity index (χ4n) is 1.86. The number of rotatable bonds is 3. The first-order valence-corrected chi connectivity index (χ1v) is 5.19. The number of carbonyl (C=O) groups is 1. The maximum Gasteiger partial charge on any atom is 0.308 e. The van der Waals surface area contributed by atoms with Gasteiger partial charge in [0.15, 0.2) is 0 Å². The summed E-state index contributed by atoms with van der Waals surface area (Å²) in [5.74, 6) is 0.0114. The summed E-state index contributed by atoms with van der Waals surface area (Å²) in [6.45, 7) is 0. The second-order valence-electron chi connectivity index (χ2n) is 3.90. The van der Waals surface area contributed by atoms with E-state index in [0.29, 0.717) is 6.04 Å². The monoisotopic (exact) mass is 205 g/mol. The lowest BCUT2D eigenvalue weighted by Gasteiger charge is -2.34. The minimum Gasteiger partial charge on any atom is -0.469 e. The van der Waals surface area contributed by atoms with E-state index in [9.17, 15) is 4.79 Å². The van der Waals surface area contributed by atoms with E-state index in [2.05, 4.69) is 10.1 Å². The van der Waals surface area contributed by atoms with E-state index in [1.54, 1.807) is 0 Å². The smallest absolute Gasteiger partial charge is 0.308 e. The highest BCUT2D eigenvalue weighted by Crippen LogP contribution is 2.30. The first-order chi connectivity index (χ1) is 7.29. The molecule has 80 valence electrons. The topological polar surface area (TPSA) is 38.3 Å². The first-order valence-electron chi connectivity index (χ1n) is 5.19. The number of nitrogens with one attached hydrogen (secondary N) is 1. The van der Waals surface area contributed by atoms with Gasteiger partial charge in [-0.1, -0.05) is 18.2 Å². The van der Waals surface area contributed by atoms with Gasteiger partial charge in [-0.15, -0.1) is 0 Å². The van der Waals surface area contributed by atoms with Gasteiger partial charge in [-0.3, -0.25) is 4.79 Å². The highest BCUT2D eigenvalue weighted by atomic mass is 16.5. The molecule has 0 bridgehead atoms. The Morgan fingerprint density at radius 3 is 2.60 bits per heavy atom. The number of carbonyl (C=O) groups excluding carboxylic acids is 1. The fraction of sp³-hybridized carbons (Fsp3) is 0.417. The number of para-hydroxylation sites is 1. The van der Waals surface area contributed by atoms with Crippen molar-refractivity contribution in [2.45, 2.75) is 18.9 Å². The summed E-state index contributed by atoms with van der Waals surface area (Å²) in [5.41, 5.74) is 1.12. The van der Waals surface area contributed by atoms with Gasteiger partial charge in [-0.2, -0.15) is 0 Å². The molecule has 3 nitrogen and oxygen atoms in total. The maximum atomic E-state index is 11.1. The summed E-state index contributed by atoms with van der Waals surface area (Å²) in [5, 5.41) is 3.38. The number of hydrogen-bond acceptors (Lipinski definition) is 3. The molecule has 0 atom stereocenters. The van der Waals surface area contributed by atoms with E-state index in [0.717, 1.165) is 18.5 Å². The summed E-state index contributed by atoms with van der Waals surface area (Å²) in [6, 6.07) is 10.5. The Kier molecular flexibility index (Phi) is 2.90. The van der Waals surface area contributed by atoms with Crippen LogP contribution in [0.25, 0.3) is 0 Å². The molecule has 1 N–H and O–H groups in total. The molecule has 0 aromatic heterocycles. The van der Waals surface area contributed by atoms with Gasteiger partial charge in [0, 0.05) is 11.7 Å². The Hall–Kier alpha value is -1.51. The molecule has 1 aliphatic carbocycles. The number of methoxy groups -OCH3 is 1. The molecule has 1 aromatic carbocycles. The van der Waals surface area contributed by atoms with Gasteiger partial charge in [-0.05, 0) is 25.0 Å². The highest BCUT2D eigenvalue weighted by Gasteiger charge is 2.34. The van der Waals surface area contributed by atoms with Gasteiger partial charge in [0.1, 0.15) is 0 Å². The van der Waals surface area contributed by atoms with Crippen LogP contribution in [-0.4, -0.2) is 19.1 Å².